The first-order chi connectivity index (χ1) is 7.62. The highest BCUT2D eigenvalue weighted by Gasteiger charge is 2.35. The van der Waals surface area contributed by atoms with Crippen LogP contribution in [0.25, 0.3) is 0 Å². The van der Waals surface area contributed by atoms with Crippen LogP contribution in [0, 0.1) is 17.8 Å². The van der Waals surface area contributed by atoms with Gasteiger partial charge in [0.15, 0.2) is 9.84 Å². The van der Waals surface area contributed by atoms with E-state index in [1.54, 1.807) is 6.08 Å². The molecule has 0 aromatic rings. The minimum Gasteiger partial charge on any atom is -0.309 e. The van der Waals surface area contributed by atoms with Gasteiger partial charge in [-0.2, -0.15) is 0 Å². The molecule has 4 unspecified atom stereocenters. The van der Waals surface area contributed by atoms with Gasteiger partial charge in [-0.05, 0) is 37.1 Å². The number of rotatable bonds is 3. The molecule has 0 spiro atoms. The first-order valence-electron chi connectivity index (χ1n) is 5.95. The molecule has 1 heterocycles. The Hall–Kier alpha value is -0.610. The van der Waals surface area contributed by atoms with Crippen LogP contribution >= 0.6 is 0 Å². The standard InChI is InChI=1S/C12H17NO2S/c14-16(15)4-3-12(8-16)13-7-11-6-9-1-2-10(11)5-9/h1-4,9-13H,5-8H2. The summed E-state index contributed by atoms with van der Waals surface area (Å²) >= 11 is 0. The molecular formula is C12H17NO2S. The molecule has 0 saturated heterocycles. The molecule has 1 N–H and O–H groups in total. The number of hydrogen-bond donors (Lipinski definition) is 1. The van der Waals surface area contributed by atoms with Gasteiger partial charge in [-0.3, -0.25) is 0 Å². The fraction of sp³-hybridized carbons (Fsp3) is 0.667. The Bertz CT molecular complexity index is 438. The molecule has 4 heteroatoms. The van der Waals surface area contributed by atoms with Crippen LogP contribution in [0.3, 0.4) is 0 Å². The van der Waals surface area contributed by atoms with Crippen LogP contribution in [-0.2, 0) is 9.84 Å². The monoisotopic (exact) mass is 239 g/mol. The van der Waals surface area contributed by atoms with Crippen molar-refractivity contribution in [1.82, 2.24) is 5.32 Å². The van der Waals surface area contributed by atoms with Crippen molar-refractivity contribution in [3.63, 3.8) is 0 Å². The maximum Gasteiger partial charge on any atom is 0.173 e. The van der Waals surface area contributed by atoms with E-state index in [1.807, 2.05) is 0 Å². The minimum atomic E-state index is -2.91. The molecule has 16 heavy (non-hydrogen) atoms. The summed E-state index contributed by atoms with van der Waals surface area (Å²) in [5, 5.41) is 4.70. The van der Waals surface area contributed by atoms with E-state index >= 15 is 0 Å². The van der Waals surface area contributed by atoms with Crippen molar-refractivity contribution < 1.29 is 8.42 Å². The molecule has 1 aliphatic heterocycles. The predicted octanol–water partition coefficient (Wildman–Crippen LogP) is 1.10. The fourth-order valence-electron chi connectivity index (χ4n) is 3.13. The summed E-state index contributed by atoms with van der Waals surface area (Å²) in [5.74, 6) is 2.48. The van der Waals surface area contributed by atoms with Gasteiger partial charge in [-0.1, -0.05) is 18.2 Å². The number of sulfone groups is 1. The molecule has 1 fully saturated rings. The lowest BCUT2D eigenvalue weighted by Crippen LogP contribution is -2.35. The van der Waals surface area contributed by atoms with Crippen molar-refractivity contribution in [1.29, 1.82) is 0 Å². The van der Waals surface area contributed by atoms with Crippen molar-refractivity contribution in [3.8, 4) is 0 Å². The van der Waals surface area contributed by atoms with E-state index in [4.69, 9.17) is 0 Å². The summed E-state index contributed by atoms with van der Waals surface area (Å²) in [6, 6.07) is 0.0353. The lowest BCUT2D eigenvalue weighted by atomic mass is 9.93. The molecule has 0 amide bonds. The van der Waals surface area contributed by atoms with Crippen LogP contribution in [-0.4, -0.2) is 26.8 Å². The fourth-order valence-corrected chi connectivity index (χ4v) is 4.40. The molecule has 1 saturated carbocycles. The Labute approximate surface area is 96.5 Å². The van der Waals surface area contributed by atoms with Gasteiger partial charge in [0, 0.05) is 11.4 Å². The molecule has 88 valence electrons. The Kier molecular flexibility index (Phi) is 2.44. The van der Waals surface area contributed by atoms with Gasteiger partial charge >= 0.3 is 0 Å². The lowest BCUT2D eigenvalue weighted by Gasteiger charge is -2.20. The quantitative estimate of drug-likeness (QED) is 0.750. The number of nitrogens with one attached hydrogen (secondary N) is 1. The number of allylic oxidation sites excluding steroid dienone is 2. The van der Waals surface area contributed by atoms with Crippen LogP contribution in [0.15, 0.2) is 23.6 Å². The average molecular weight is 239 g/mol. The van der Waals surface area contributed by atoms with Crippen molar-refractivity contribution in [3.05, 3.63) is 23.6 Å². The van der Waals surface area contributed by atoms with Crippen LogP contribution < -0.4 is 5.32 Å². The Morgan fingerprint density at radius 1 is 1.19 bits per heavy atom. The van der Waals surface area contributed by atoms with E-state index < -0.39 is 9.84 Å². The lowest BCUT2D eigenvalue weighted by molar-refractivity contribution is 0.406. The van der Waals surface area contributed by atoms with E-state index in [9.17, 15) is 8.42 Å². The van der Waals surface area contributed by atoms with E-state index in [0.29, 0.717) is 5.92 Å². The Morgan fingerprint density at radius 3 is 2.62 bits per heavy atom. The minimum absolute atomic E-state index is 0.0353. The summed E-state index contributed by atoms with van der Waals surface area (Å²) in [5.41, 5.74) is 0. The van der Waals surface area contributed by atoms with Crippen LogP contribution in [0.2, 0.25) is 0 Å². The summed E-state index contributed by atoms with van der Waals surface area (Å²) in [6.45, 7) is 0.954. The first-order valence-corrected chi connectivity index (χ1v) is 7.66. The van der Waals surface area contributed by atoms with Crippen LogP contribution in [0.5, 0.6) is 0 Å². The largest absolute Gasteiger partial charge is 0.309 e. The summed E-state index contributed by atoms with van der Waals surface area (Å²) in [4.78, 5) is 0. The average Bonchev–Trinajstić information content (AvgIpc) is 2.89. The zero-order valence-corrected chi connectivity index (χ0v) is 9.99. The third kappa shape index (κ3) is 1.96. The van der Waals surface area contributed by atoms with Gasteiger partial charge in [0.2, 0.25) is 0 Å². The van der Waals surface area contributed by atoms with Gasteiger partial charge < -0.3 is 5.32 Å². The first kappa shape index (κ1) is 10.5. The van der Waals surface area contributed by atoms with E-state index in [0.717, 1.165) is 18.4 Å². The maximum atomic E-state index is 11.2. The highest BCUT2D eigenvalue weighted by atomic mass is 32.2. The second-order valence-corrected chi connectivity index (χ2v) is 7.14. The molecule has 0 radical (unpaired) electrons. The van der Waals surface area contributed by atoms with Crippen molar-refractivity contribution >= 4 is 9.84 Å². The van der Waals surface area contributed by atoms with Gasteiger partial charge in [-0.25, -0.2) is 8.42 Å². The van der Waals surface area contributed by atoms with E-state index in [2.05, 4.69) is 17.5 Å². The highest BCUT2D eigenvalue weighted by Crippen LogP contribution is 2.43. The third-order valence-corrected chi connectivity index (χ3v) is 5.38. The van der Waals surface area contributed by atoms with Crippen molar-refractivity contribution in [2.24, 2.45) is 17.8 Å². The Morgan fingerprint density at radius 2 is 2.06 bits per heavy atom. The summed E-state index contributed by atoms with van der Waals surface area (Å²) < 4.78 is 22.5. The van der Waals surface area contributed by atoms with Gasteiger partial charge in [0.25, 0.3) is 0 Å². The number of fused-ring (bicyclic) bond motifs is 2. The maximum absolute atomic E-state index is 11.2. The molecule has 2 bridgehead atoms. The smallest absolute Gasteiger partial charge is 0.173 e. The van der Waals surface area contributed by atoms with Crippen molar-refractivity contribution in [2.75, 3.05) is 12.3 Å². The van der Waals surface area contributed by atoms with Gasteiger partial charge in [0.05, 0.1) is 5.75 Å². The normalized spacial score (nSPS) is 43.2. The Balaban J connectivity index is 1.52. The second kappa shape index (κ2) is 3.70. The zero-order valence-electron chi connectivity index (χ0n) is 9.17. The molecule has 3 nitrogen and oxygen atoms in total. The number of hydrogen-bond acceptors (Lipinski definition) is 3. The van der Waals surface area contributed by atoms with E-state index in [1.165, 1.54) is 18.2 Å². The summed E-state index contributed by atoms with van der Waals surface area (Å²) in [7, 11) is -2.91. The van der Waals surface area contributed by atoms with Gasteiger partial charge in [-0.15, -0.1) is 0 Å². The topological polar surface area (TPSA) is 46.2 Å². The third-order valence-electron chi connectivity index (χ3n) is 3.99. The molecule has 0 aromatic heterocycles. The SMILES string of the molecule is O=S1(=O)C=CC(NCC2CC3C=CC2C3)C1. The summed E-state index contributed by atoms with van der Waals surface area (Å²) in [6.07, 6.45) is 9.03. The van der Waals surface area contributed by atoms with Gasteiger partial charge in [0.1, 0.15) is 0 Å². The van der Waals surface area contributed by atoms with E-state index in [-0.39, 0.29) is 11.8 Å². The molecule has 0 aromatic carbocycles. The van der Waals surface area contributed by atoms with Crippen LogP contribution in [0.4, 0.5) is 0 Å². The molecule has 4 atom stereocenters. The predicted molar refractivity (Wildman–Crippen MR) is 63.6 cm³/mol. The molecule has 2 aliphatic carbocycles. The van der Waals surface area contributed by atoms with Crippen molar-refractivity contribution in [2.45, 2.75) is 18.9 Å². The molecular weight excluding hydrogens is 222 g/mol. The van der Waals surface area contributed by atoms with Crippen LogP contribution in [0.1, 0.15) is 12.8 Å². The molecule has 3 rings (SSSR count). The molecule has 3 aliphatic rings. The zero-order chi connectivity index (χ0) is 11.2. The second-order valence-electron chi connectivity index (χ2n) is 5.21. The highest BCUT2D eigenvalue weighted by molar-refractivity contribution is 7.94.